The van der Waals surface area contributed by atoms with E-state index in [4.69, 9.17) is 9.47 Å². The standard InChI is InChI=1S/C15H27NO4S/c1-5-9-20-15(18)16-13(8-11-21-4)14(17)19-10-6-7-12(2)3/h5,12-13H,1,6-11H2,2-4H3,(H,16,18). The van der Waals surface area contributed by atoms with E-state index in [0.717, 1.165) is 18.6 Å². The van der Waals surface area contributed by atoms with Gasteiger partial charge in [0.25, 0.3) is 0 Å². The Balaban J connectivity index is 4.21. The third kappa shape index (κ3) is 11.2. The number of alkyl carbamates (subject to hydrolysis) is 1. The van der Waals surface area contributed by atoms with Gasteiger partial charge in [-0.1, -0.05) is 26.5 Å². The van der Waals surface area contributed by atoms with Crippen LogP contribution in [0.2, 0.25) is 0 Å². The first-order chi connectivity index (χ1) is 10.0. The van der Waals surface area contributed by atoms with Crippen LogP contribution in [0.3, 0.4) is 0 Å². The summed E-state index contributed by atoms with van der Waals surface area (Å²) in [5.74, 6) is 0.944. The lowest BCUT2D eigenvalue weighted by atomic mass is 10.1. The van der Waals surface area contributed by atoms with Crippen molar-refractivity contribution in [3.63, 3.8) is 0 Å². The maximum atomic E-state index is 12.0. The number of nitrogens with one attached hydrogen (secondary N) is 1. The van der Waals surface area contributed by atoms with Gasteiger partial charge in [-0.3, -0.25) is 0 Å². The molecular formula is C15H27NO4S. The summed E-state index contributed by atoms with van der Waals surface area (Å²) in [5, 5.41) is 2.54. The summed E-state index contributed by atoms with van der Waals surface area (Å²) in [6.07, 6.45) is 5.16. The van der Waals surface area contributed by atoms with Gasteiger partial charge < -0.3 is 14.8 Å². The first-order valence-electron chi connectivity index (χ1n) is 7.21. The van der Waals surface area contributed by atoms with Crippen LogP contribution in [-0.4, -0.2) is 43.3 Å². The molecule has 6 heteroatoms. The van der Waals surface area contributed by atoms with Crippen molar-refractivity contribution in [1.29, 1.82) is 0 Å². The normalized spacial score (nSPS) is 11.8. The molecule has 0 aliphatic heterocycles. The van der Waals surface area contributed by atoms with E-state index in [1.165, 1.54) is 6.08 Å². The highest BCUT2D eigenvalue weighted by atomic mass is 32.2. The third-order valence-electron chi connectivity index (χ3n) is 2.69. The number of carbonyl (C=O) groups excluding carboxylic acids is 2. The molecule has 1 unspecified atom stereocenters. The molecular weight excluding hydrogens is 290 g/mol. The summed E-state index contributed by atoms with van der Waals surface area (Å²) < 4.78 is 10.0. The van der Waals surface area contributed by atoms with Crippen LogP contribution >= 0.6 is 11.8 Å². The molecule has 21 heavy (non-hydrogen) atoms. The van der Waals surface area contributed by atoms with Crippen LogP contribution in [-0.2, 0) is 14.3 Å². The van der Waals surface area contributed by atoms with Crippen molar-refractivity contribution >= 4 is 23.8 Å². The summed E-state index contributed by atoms with van der Waals surface area (Å²) in [5.41, 5.74) is 0. The minimum Gasteiger partial charge on any atom is -0.464 e. The van der Waals surface area contributed by atoms with E-state index in [1.54, 1.807) is 11.8 Å². The molecule has 0 bridgehead atoms. The lowest BCUT2D eigenvalue weighted by Gasteiger charge is -2.17. The van der Waals surface area contributed by atoms with Crippen molar-refractivity contribution in [2.45, 2.75) is 39.2 Å². The fraction of sp³-hybridized carbons (Fsp3) is 0.733. The number of carbonyl (C=O) groups is 2. The average molecular weight is 317 g/mol. The Morgan fingerprint density at radius 2 is 2.00 bits per heavy atom. The van der Waals surface area contributed by atoms with Crippen LogP contribution in [0.15, 0.2) is 12.7 Å². The lowest BCUT2D eigenvalue weighted by molar-refractivity contribution is -0.146. The zero-order valence-electron chi connectivity index (χ0n) is 13.2. The third-order valence-corrected chi connectivity index (χ3v) is 3.33. The van der Waals surface area contributed by atoms with Crippen molar-refractivity contribution in [1.82, 2.24) is 5.32 Å². The fourth-order valence-corrected chi connectivity index (χ4v) is 2.04. The molecule has 0 radical (unpaired) electrons. The molecule has 0 aromatic carbocycles. The Morgan fingerprint density at radius 1 is 1.29 bits per heavy atom. The summed E-state index contributed by atoms with van der Waals surface area (Å²) in [6, 6.07) is -0.659. The van der Waals surface area contributed by atoms with Gasteiger partial charge in [-0.25, -0.2) is 9.59 Å². The Bertz CT molecular complexity index is 321. The quantitative estimate of drug-likeness (QED) is 0.360. The molecule has 1 N–H and O–H groups in total. The zero-order valence-corrected chi connectivity index (χ0v) is 14.0. The van der Waals surface area contributed by atoms with Gasteiger partial charge in [0.05, 0.1) is 6.61 Å². The molecule has 122 valence electrons. The van der Waals surface area contributed by atoms with Crippen LogP contribution in [0.25, 0.3) is 0 Å². The topological polar surface area (TPSA) is 64.6 Å². The van der Waals surface area contributed by atoms with Crippen LogP contribution in [0.4, 0.5) is 4.79 Å². The largest absolute Gasteiger partial charge is 0.464 e. The molecule has 0 aliphatic carbocycles. The molecule has 0 heterocycles. The smallest absolute Gasteiger partial charge is 0.408 e. The maximum absolute atomic E-state index is 12.0. The van der Waals surface area contributed by atoms with Gasteiger partial charge in [-0.2, -0.15) is 11.8 Å². The Morgan fingerprint density at radius 3 is 2.57 bits per heavy atom. The highest BCUT2D eigenvalue weighted by Gasteiger charge is 2.22. The van der Waals surface area contributed by atoms with Gasteiger partial charge in [0.1, 0.15) is 12.6 Å². The van der Waals surface area contributed by atoms with Crippen molar-refractivity contribution < 1.29 is 19.1 Å². The van der Waals surface area contributed by atoms with Crippen LogP contribution in [0.1, 0.15) is 33.1 Å². The van der Waals surface area contributed by atoms with Gasteiger partial charge in [-0.15, -0.1) is 0 Å². The van der Waals surface area contributed by atoms with Crippen LogP contribution in [0, 0.1) is 5.92 Å². The summed E-state index contributed by atoms with van der Waals surface area (Å²) in [4.78, 5) is 23.5. The molecule has 0 rings (SSSR count). The van der Waals surface area contributed by atoms with Crippen molar-refractivity contribution in [2.24, 2.45) is 5.92 Å². The monoisotopic (exact) mass is 317 g/mol. The number of hydrogen-bond donors (Lipinski definition) is 1. The predicted molar refractivity (Wildman–Crippen MR) is 86.5 cm³/mol. The molecule has 1 atom stereocenters. The zero-order chi connectivity index (χ0) is 16.1. The number of esters is 1. The second-order valence-electron chi connectivity index (χ2n) is 5.07. The second kappa shape index (κ2) is 12.6. The van der Waals surface area contributed by atoms with Gasteiger partial charge in [-0.05, 0) is 37.2 Å². The highest BCUT2D eigenvalue weighted by molar-refractivity contribution is 7.98. The van der Waals surface area contributed by atoms with Gasteiger partial charge in [0.2, 0.25) is 0 Å². The van der Waals surface area contributed by atoms with Gasteiger partial charge in [0, 0.05) is 0 Å². The van der Waals surface area contributed by atoms with E-state index in [0.29, 0.717) is 18.9 Å². The SMILES string of the molecule is C=CCOC(=O)NC(CCSC)C(=O)OCCCC(C)C. The second-order valence-corrected chi connectivity index (χ2v) is 6.05. The van der Waals surface area contributed by atoms with E-state index >= 15 is 0 Å². The fourth-order valence-electron chi connectivity index (χ4n) is 1.57. The number of amides is 1. The van der Waals surface area contributed by atoms with E-state index in [1.807, 2.05) is 6.26 Å². The Kier molecular flexibility index (Phi) is 11.9. The van der Waals surface area contributed by atoms with Crippen LogP contribution in [0.5, 0.6) is 0 Å². The first-order valence-corrected chi connectivity index (χ1v) is 8.60. The molecule has 1 amide bonds. The van der Waals surface area contributed by atoms with E-state index in [-0.39, 0.29) is 6.61 Å². The highest BCUT2D eigenvalue weighted by Crippen LogP contribution is 2.06. The summed E-state index contributed by atoms with van der Waals surface area (Å²) in [6.45, 7) is 8.21. The van der Waals surface area contributed by atoms with E-state index in [2.05, 4.69) is 25.7 Å². The molecule has 5 nitrogen and oxygen atoms in total. The maximum Gasteiger partial charge on any atom is 0.408 e. The predicted octanol–water partition coefficient (Wildman–Crippen LogP) is 3.00. The Labute approximate surface area is 131 Å². The minimum absolute atomic E-state index is 0.116. The molecule has 0 saturated carbocycles. The lowest BCUT2D eigenvalue weighted by Crippen LogP contribution is -2.42. The molecule has 0 aliphatic rings. The van der Waals surface area contributed by atoms with Crippen molar-refractivity contribution in [3.05, 3.63) is 12.7 Å². The number of rotatable bonds is 11. The Hall–Kier alpha value is -1.17. The summed E-state index contributed by atoms with van der Waals surface area (Å²) in [7, 11) is 0. The molecule has 0 saturated heterocycles. The van der Waals surface area contributed by atoms with E-state index < -0.39 is 18.1 Å². The average Bonchev–Trinajstić information content (AvgIpc) is 2.45. The van der Waals surface area contributed by atoms with Crippen molar-refractivity contribution in [3.8, 4) is 0 Å². The number of thioether (sulfide) groups is 1. The molecule has 0 fully saturated rings. The number of hydrogen-bond acceptors (Lipinski definition) is 5. The summed E-state index contributed by atoms with van der Waals surface area (Å²) >= 11 is 1.61. The molecule has 0 spiro atoms. The first kappa shape index (κ1) is 19.8. The molecule has 0 aromatic rings. The number of ether oxygens (including phenoxy) is 2. The molecule has 0 aromatic heterocycles. The van der Waals surface area contributed by atoms with E-state index in [9.17, 15) is 9.59 Å². The minimum atomic E-state index is -0.659. The van der Waals surface area contributed by atoms with Gasteiger partial charge in [0.15, 0.2) is 0 Å². The van der Waals surface area contributed by atoms with Crippen LogP contribution < -0.4 is 5.32 Å². The van der Waals surface area contributed by atoms with Gasteiger partial charge >= 0.3 is 12.1 Å². The van der Waals surface area contributed by atoms with Crippen molar-refractivity contribution in [2.75, 3.05) is 25.2 Å².